The summed E-state index contributed by atoms with van der Waals surface area (Å²) in [4.78, 5) is 0. The molecule has 1 nitrogen and oxygen atoms in total. The van der Waals surface area contributed by atoms with Crippen molar-refractivity contribution in [3.05, 3.63) is 0 Å². The number of rotatable bonds is 8. The molecular formula is C13H30BrN. The fourth-order valence-corrected chi connectivity index (χ4v) is 1.60. The van der Waals surface area contributed by atoms with Gasteiger partial charge in [0.05, 0.1) is 0 Å². The van der Waals surface area contributed by atoms with Crippen LogP contribution < -0.4 is 5.73 Å². The zero-order chi connectivity index (χ0) is 11.0. The van der Waals surface area contributed by atoms with Gasteiger partial charge in [-0.1, -0.05) is 52.4 Å². The van der Waals surface area contributed by atoms with Gasteiger partial charge in [0.2, 0.25) is 0 Å². The van der Waals surface area contributed by atoms with Gasteiger partial charge in [-0.15, -0.1) is 17.0 Å². The fraction of sp³-hybridized carbons (Fsp3) is 1.00. The predicted molar refractivity (Wildman–Crippen MR) is 75.7 cm³/mol. The second-order valence-electron chi connectivity index (χ2n) is 5.28. The van der Waals surface area contributed by atoms with Crippen molar-refractivity contribution in [3.8, 4) is 0 Å². The first-order valence-corrected chi connectivity index (χ1v) is 6.27. The van der Waals surface area contributed by atoms with Crippen molar-refractivity contribution in [2.24, 2.45) is 11.7 Å². The maximum atomic E-state index is 6.04. The molecule has 1 atom stereocenters. The van der Waals surface area contributed by atoms with Crippen molar-refractivity contribution in [2.75, 3.05) is 0 Å². The van der Waals surface area contributed by atoms with Crippen molar-refractivity contribution < 1.29 is 0 Å². The van der Waals surface area contributed by atoms with E-state index in [0.29, 0.717) is 5.92 Å². The Morgan fingerprint density at radius 1 is 1.00 bits per heavy atom. The highest BCUT2D eigenvalue weighted by Gasteiger charge is 2.19. The van der Waals surface area contributed by atoms with Crippen molar-refractivity contribution in [1.82, 2.24) is 0 Å². The number of nitrogens with two attached hydrogens (primary N) is 1. The minimum absolute atomic E-state index is 0. The van der Waals surface area contributed by atoms with Crippen LogP contribution in [0.2, 0.25) is 0 Å². The lowest BCUT2D eigenvalue weighted by atomic mass is 9.86. The van der Waals surface area contributed by atoms with Crippen LogP contribution in [0, 0.1) is 5.92 Å². The van der Waals surface area contributed by atoms with E-state index in [-0.39, 0.29) is 22.5 Å². The van der Waals surface area contributed by atoms with Gasteiger partial charge in [-0.3, -0.25) is 0 Å². The Labute approximate surface area is 107 Å². The largest absolute Gasteiger partial charge is 0.325 e. The lowest BCUT2D eigenvalue weighted by Crippen LogP contribution is -2.39. The molecule has 0 rings (SSSR count). The molecular weight excluding hydrogens is 250 g/mol. The lowest BCUT2D eigenvalue weighted by Gasteiger charge is -2.27. The van der Waals surface area contributed by atoms with Gasteiger partial charge < -0.3 is 5.73 Å². The molecule has 2 heteroatoms. The van der Waals surface area contributed by atoms with Crippen LogP contribution in [-0.4, -0.2) is 5.54 Å². The second kappa shape index (κ2) is 9.65. The third kappa shape index (κ3) is 10.7. The molecule has 0 amide bonds. The molecule has 0 aromatic heterocycles. The van der Waals surface area contributed by atoms with E-state index in [0.717, 1.165) is 0 Å². The smallest absolute Gasteiger partial charge is 0.0123 e. The molecule has 15 heavy (non-hydrogen) atoms. The Balaban J connectivity index is 0. The summed E-state index contributed by atoms with van der Waals surface area (Å²) in [5, 5.41) is 0. The third-order valence-corrected chi connectivity index (χ3v) is 3.26. The molecule has 0 aliphatic carbocycles. The molecule has 2 N–H and O–H groups in total. The van der Waals surface area contributed by atoms with Crippen LogP contribution in [0.5, 0.6) is 0 Å². The van der Waals surface area contributed by atoms with Crippen molar-refractivity contribution in [1.29, 1.82) is 0 Å². The molecule has 94 valence electrons. The summed E-state index contributed by atoms with van der Waals surface area (Å²) in [7, 11) is 0. The fourth-order valence-electron chi connectivity index (χ4n) is 1.60. The Morgan fingerprint density at radius 3 is 1.93 bits per heavy atom. The van der Waals surface area contributed by atoms with Crippen LogP contribution >= 0.6 is 17.0 Å². The van der Waals surface area contributed by atoms with E-state index in [1.54, 1.807) is 0 Å². The number of halogens is 1. The molecule has 0 radical (unpaired) electrons. The number of hydrogen-bond donors (Lipinski definition) is 1. The highest BCUT2D eigenvalue weighted by atomic mass is 79.9. The van der Waals surface area contributed by atoms with Gasteiger partial charge in [0.1, 0.15) is 0 Å². The van der Waals surface area contributed by atoms with Gasteiger partial charge in [-0.05, 0) is 26.2 Å². The Bertz CT molecular complexity index is 129. The molecule has 0 aliphatic heterocycles. The second-order valence-corrected chi connectivity index (χ2v) is 5.28. The van der Waals surface area contributed by atoms with Gasteiger partial charge in [0, 0.05) is 5.54 Å². The average molecular weight is 280 g/mol. The number of unbranched alkanes of at least 4 members (excludes halogenated alkanes) is 5. The first kappa shape index (κ1) is 17.8. The highest BCUT2D eigenvalue weighted by Crippen LogP contribution is 2.20. The molecule has 0 fully saturated rings. The first-order valence-electron chi connectivity index (χ1n) is 6.27. The van der Waals surface area contributed by atoms with Gasteiger partial charge in [-0.2, -0.15) is 0 Å². The van der Waals surface area contributed by atoms with Crippen LogP contribution in [0.25, 0.3) is 0 Å². The summed E-state index contributed by atoms with van der Waals surface area (Å²) in [5.41, 5.74) is 6.04. The van der Waals surface area contributed by atoms with E-state index in [4.69, 9.17) is 5.73 Å². The van der Waals surface area contributed by atoms with E-state index < -0.39 is 0 Å². The van der Waals surface area contributed by atoms with Crippen LogP contribution in [0.1, 0.15) is 72.6 Å². The summed E-state index contributed by atoms with van der Waals surface area (Å²) in [6, 6.07) is 0. The molecule has 0 heterocycles. The summed E-state index contributed by atoms with van der Waals surface area (Å²) in [6.45, 7) is 8.80. The van der Waals surface area contributed by atoms with Crippen LogP contribution in [0.3, 0.4) is 0 Å². The highest BCUT2D eigenvalue weighted by molar-refractivity contribution is 8.93. The SMILES string of the molecule is Br.CCCCCCCCC(C)C(C)(C)N. The standard InChI is InChI=1S/C13H29N.BrH/c1-5-6-7-8-9-10-11-12(2)13(3,4)14;/h12H,5-11,14H2,1-4H3;1H. The average Bonchev–Trinajstić information content (AvgIpc) is 2.09. The monoisotopic (exact) mass is 279 g/mol. The normalized spacial score (nSPS) is 13.4. The van der Waals surface area contributed by atoms with E-state index in [1.807, 2.05) is 0 Å². The molecule has 0 spiro atoms. The summed E-state index contributed by atoms with van der Waals surface area (Å²) < 4.78 is 0. The third-order valence-electron chi connectivity index (χ3n) is 3.26. The molecule has 0 saturated carbocycles. The van der Waals surface area contributed by atoms with Crippen LogP contribution in [0.4, 0.5) is 0 Å². The topological polar surface area (TPSA) is 26.0 Å². The predicted octanol–water partition coefficient (Wildman–Crippen LogP) is 4.69. The van der Waals surface area contributed by atoms with E-state index >= 15 is 0 Å². The molecule has 0 aromatic rings. The minimum atomic E-state index is 0. The van der Waals surface area contributed by atoms with Crippen molar-refractivity contribution >= 4 is 17.0 Å². The zero-order valence-corrected chi connectivity index (χ0v) is 12.7. The first-order chi connectivity index (χ1) is 6.48. The van der Waals surface area contributed by atoms with Gasteiger partial charge in [0.25, 0.3) is 0 Å². The quantitative estimate of drug-likeness (QED) is 0.641. The van der Waals surface area contributed by atoms with E-state index in [1.165, 1.54) is 44.9 Å². The van der Waals surface area contributed by atoms with Crippen molar-refractivity contribution in [2.45, 2.75) is 78.2 Å². The summed E-state index contributed by atoms with van der Waals surface area (Å²) in [5.74, 6) is 0.647. The Morgan fingerprint density at radius 2 is 1.47 bits per heavy atom. The Kier molecular flexibility index (Phi) is 11.5. The summed E-state index contributed by atoms with van der Waals surface area (Å²) >= 11 is 0. The van der Waals surface area contributed by atoms with Gasteiger partial charge in [0.15, 0.2) is 0 Å². The lowest BCUT2D eigenvalue weighted by molar-refractivity contribution is 0.316. The number of hydrogen-bond acceptors (Lipinski definition) is 1. The van der Waals surface area contributed by atoms with E-state index in [9.17, 15) is 0 Å². The molecule has 1 unspecified atom stereocenters. The minimum Gasteiger partial charge on any atom is -0.325 e. The van der Waals surface area contributed by atoms with Crippen molar-refractivity contribution in [3.63, 3.8) is 0 Å². The molecule has 0 aliphatic rings. The molecule has 0 aromatic carbocycles. The Hall–Kier alpha value is 0.440. The molecule has 0 saturated heterocycles. The van der Waals surface area contributed by atoms with Gasteiger partial charge in [-0.25, -0.2) is 0 Å². The molecule has 0 bridgehead atoms. The van der Waals surface area contributed by atoms with Gasteiger partial charge >= 0.3 is 0 Å². The maximum absolute atomic E-state index is 6.04. The zero-order valence-electron chi connectivity index (χ0n) is 11.0. The summed E-state index contributed by atoms with van der Waals surface area (Å²) in [6.07, 6.45) is 9.59. The van der Waals surface area contributed by atoms with E-state index in [2.05, 4.69) is 27.7 Å². The van der Waals surface area contributed by atoms with Crippen LogP contribution in [-0.2, 0) is 0 Å². The van der Waals surface area contributed by atoms with Crippen LogP contribution in [0.15, 0.2) is 0 Å². The maximum Gasteiger partial charge on any atom is 0.0123 e.